The lowest BCUT2D eigenvalue weighted by molar-refractivity contribution is -0.140. The highest BCUT2D eigenvalue weighted by Gasteiger charge is 1.99. The van der Waals surface area contributed by atoms with Crippen LogP contribution in [0.1, 0.15) is 20.8 Å². The lowest BCUT2D eigenvalue weighted by Crippen LogP contribution is -2.08. The molecule has 7 heteroatoms. The average molecular weight is 302 g/mol. The van der Waals surface area contributed by atoms with Crippen LogP contribution < -0.4 is 0 Å². The number of hydrogen-bond donors (Lipinski definition) is 3. The number of aliphatic carboxylic acids is 2. The van der Waals surface area contributed by atoms with Gasteiger partial charge in [-0.2, -0.15) is 0 Å². The van der Waals surface area contributed by atoms with Crippen LogP contribution in [0.2, 0.25) is 0 Å². The maximum absolute atomic E-state index is 10.5. The van der Waals surface area contributed by atoms with Crippen LogP contribution in [0.5, 0.6) is 0 Å². The first-order chi connectivity index (χ1) is 9.47. The molecule has 0 aromatic rings. The second-order valence-electron chi connectivity index (χ2n) is 3.81. The molecule has 0 spiro atoms. The van der Waals surface area contributed by atoms with Gasteiger partial charge in [-0.05, 0) is 20.8 Å². The number of carboxylic acid groups (broad SMARTS) is 2. The number of ether oxygens (including phenoxy) is 1. The van der Waals surface area contributed by atoms with Crippen LogP contribution in [0.25, 0.3) is 0 Å². The maximum Gasteiger partial charge on any atom is 0.333 e. The van der Waals surface area contributed by atoms with Gasteiger partial charge in [-0.25, -0.2) is 14.4 Å². The molecule has 0 bridgehead atoms. The van der Waals surface area contributed by atoms with Gasteiger partial charge in [0.15, 0.2) is 0 Å². The topological polar surface area (TPSA) is 121 Å². The average Bonchev–Trinajstić information content (AvgIpc) is 2.36. The van der Waals surface area contributed by atoms with E-state index in [1.165, 1.54) is 13.8 Å². The lowest BCUT2D eigenvalue weighted by Gasteiger charge is -1.99. The van der Waals surface area contributed by atoms with Gasteiger partial charge in [-0.3, -0.25) is 0 Å². The van der Waals surface area contributed by atoms with E-state index in [-0.39, 0.29) is 24.4 Å². The summed E-state index contributed by atoms with van der Waals surface area (Å²) in [5.74, 6) is -2.32. The second kappa shape index (κ2) is 14.0. The fraction of sp³-hybridized carbons (Fsp3) is 0.357. The van der Waals surface area contributed by atoms with Crippen LogP contribution in [0.3, 0.4) is 0 Å². The first-order valence-electron chi connectivity index (χ1n) is 5.68. The molecule has 0 saturated carbocycles. The molecule has 0 amide bonds. The van der Waals surface area contributed by atoms with Crippen molar-refractivity contribution in [2.45, 2.75) is 20.8 Å². The number of aliphatic hydroxyl groups is 1. The summed E-state index contributed by atoms with van der Waals surface area (Å²) in [6.07, 6.45) is 0. The Kier molecular flexibility index (Phi) is 15.8. The molecule has 0 rings (SSSR count). The Labute approximate surface area is 123 Å². The molecule has 0 heterocycles. The Balaban J connectivity index is -0.000000240. The fourth-order valence-corrected chi connectivity index (χ4v) is 0.262. The lowest BCUT2D eigenvalue weighted by atomic mass is 10.4. The molecule has 0 aliphatic heterocycles. The van der Waals surface area contributed by atoms with Gasteiger partial charge in [-0.15, -0.1) is 0 Å². The van der Waals surface area contributed by atoms with Crippen molar-refractivity contribution in [2.75, 3.05) is 13.2 Å². The smallest absolute Gasteiger partial charge is 0.333 e. The monoisotopic (exact) mass is 302 g/mol. The summed E-state index contributed by atoms with van der Waals surface area (Å²) in [4.78, 5) is 29.7. The summed E-state index contributed by atoms with van der Waals surface area (Å²) in [7, 11) is 0. The van der Waals surface area contributed by atoms with Gasteiger partial charge in [0.25, 0.3) is 0 Å². The van der Waals surface area contributed by atoms with Crippen molar-refractivity contribution in [1.82, 2.24) is 0 Å². The summed E-state index contributed by atoms with van der Waals surface area (Å²) in [5, 5.41) is 24.0. The van der Waals surface area contributed by atoms with Gasteiger partial charge in [0, 0.05) is 16.7 Å². The highest BCUT2D eigenvalue weighted by molar-refractivity contribution is 5.87. The number of aliphatic hydroxyl groups excluding tert-OH is 1. The molecule has 7 nitrogen and oxygen atoms in total. The van der Waals surface area contributed by atoms with E-state index in [0.717, 1.165) is 0 Å². The molecule has 0 aliphatic carbocycles. The van der Waals surface area contributed by atoms with Crippen molar-refractivity contribution in [3.8, 4) is 0 Å². The van der Waals surface area contributed by atoms with Gasteiger partial charge in [0.05, 0.1) is 6.61 Å². The Bertz CT molecular complexity index is 360. The van der Waals surface area contributed by atoms with Gasteiger partial charge in [0.2, 0.25) is 0 Å². The summed E-state index contributed by atoms with van der Waals surface area (Å²) in [6, 6.07) is 0. The zero-order valence-corrected chi connectivity index (χ0v) is 12.5. The number of carbonyl (C=O) groups excluding carboxylic acids is 1. The zero-order valence-electron chi connectivity index (χ0n) is 12.5. The zero-order chi connectivity index (χ0) is 17.6. The SMILES string of the molecule is C=C(C)C(=O)O.C=C(C)C(=O)O.C=C(C)C(=O)OCCO. The molecule has 0 aromatic heterocycles. The van der Waals surface area contributed by atoms with E-state index >= 15 is 0 Å². The second-order valence-corrected chi connectivity index (χ2v) is 3.81. The minimum Gasteiger partial charge on any atom is -0.478 e. The maximum atomic E-state index is 10.5. The molecule has 0 fully saturated rings. The Hall–Kier alpha value is -2.41. The molecule has 0 unspecified atom stereocenters. The largest absolute Gasteiger partial charge is 0.478 e. The van der Waals surface area contributed by atoms with Crippen molar-refractivity contribution < 1.29 is 34.4 Å². The van der Waals surface area contributed by atoms with Crippen LogP contribution in [0.4, 0.5) is 0 Å². The third-order valence-corrected chi connectivity index (χ3v) is 1.40. The van der Waals surface area contributed by atoms with Gasteiger partial charge in [-0.1, -0.05) is 19.7 Å². The van der Waals surface area contributed by atoms with E-state index in [9.17, 15) is 14.4 Å². The molecular weight excluding hydrogens is 280 g/mol. The molecule has 0 atom stereocenters. The van der Waals surface area contributed by atoms with Crippen molar-refractivity contribution in [1.29, 1.82) is 0 Å². The number of carbonyl (C=O) groups is 3. The molecular formula is C14H22O7. The summed E-state index contributed by atoms with van der Waals surface area (Å²) in [5.41, 5.74) is 0.702. The highest BCUT2D eigenvalue weighted by Crippen LogP contribution is 1.89. The third kappa shape index (κ3) is 23.1. The number of esters is 1. The van der Waals surface area contributed by atoms with Crippen molar-refractivity contribution in [3.63, 3.8) is 0 Å². The van der Waals surface area contributed by atoms with Crippen LogP contribution in [-0.2, 0) is 19.1 Å². The Morgan fingerprint density at radius 1 is 0.857 bits per heavy atom. The predicted octanol–water partition coefficient (Wildman–Crippen LogP) is 1.39. The van der Waals surface area contributed by atoms with Crippen molar-refractivity contribution >= 4 is 17.9 Å². The number of carboxylic acids is 2. The fourth-order valence-electron chi connectivity index (χ4n) is 0.262. The van der Waals surface area contributed by atoms with Gasteiger partial charge < -0.3 is 20.1 Å². The summed E-state index contributed by atoms with van der Waals surface area (Å²) < 4.78 is 4.46. The quantitative estimate of drug-likeness (QED) is 0.518. The normalized spacial score (nSPS) is 8.00. The van der Waals surface area contributed by atoms with E-state index in [1.54, 1.807) is 6.92 Å². The van der Waals surface area contributed by atoms with E-state index < -0.39 is 17.9 Å². The van der Waals surface area contributed by atoms with Crippen LogP contribution in [0, 0.1) is 0 Å². The predicted molar refractivity (Wildman–Crippen MR) is 77.8 cm³/mol. The van der Waals surface area contributed by atoms with E-state index in [2.05, 4.69) is 24.5 Å². The van der Waals surface area contributed by atoms with Crippen LogP contribution in [0.15, 0.2) is 36.5 Å². The first kappa shape index (κ1) is 23.7. The van der Waals surface area contributed by atoms with Crippen molar-refractivity contribution in [2.24, 2.45) is 0 Å². The van der Waals surface area contributed by atoms with E-state index in [0.29, 0.717) is 5.57 Å². The molecule has 21 heavy (non-hydrogen) atoms. The van der Waals surface area contributed by atoms with Crippen LogP contribution in [-0.4, -0.2) is 46.4 Å². The molecule has 0 saturated heterocycles. The summed E-state index contributed by atoms with van der Waals surface area (Å²) in [6.45, 7) is 14.0. The standard InChI is InChI=1S/C6H10O3.2C4H6O2/c1-5(2)6(8)9-4-3-7;2*1-3(2)4(5)6/h7H,1,3-4H2,2H3;2*1H2,2H3,(H,5,6). The number of hydrogen-bond acceptors (Lipinski definition) is 5. The molecule has 0 aliphatic rings. The highest BCUT2D eigenvalue weighted by atomic mass is 16.5. The van der Waals surface area contributed by atoms with Gasteiger partial charge in [0.1, 0.15) is 6.61 Å². The molecule has 0 aromatic carbocycles. The van der Waals surface area contributed by atoms with Crippen molar-refractivity contribution in [3.05, 3.63) is 36.5 Å². The molecule has 3 N–H and O–H groups in total. The molecule has 120 valence electrons. The van der Waals surface area contributed by atoms with Crippen LogP contribution >= 0.6 is 0 Å². The minimum atomic E-state index is -0.935. The summed E-state index contributed by atoms with van der Waals surface area (Å²) >= 11 is 0. The van der Waals surface area contributed by atoms with E-state index in [1.807, 2.05) is 0 Å². The number of rotatable bonds is 5. The molecule has 0 radical (unpaired) electrons. The Morgan fingerprint density at radius 2 is 1.14 bits per heavy atom. The third-order valence-electron chi connectivity index (χ3n) is 1.40. The first-order valence-corrected chi connectivity index (χ1v) is 5.68. The van der Waals surface area contributed by atoms with E-state index in [4.69, 9.17) is 15.3 Å². The van der Waals surface area contributed by atoms with Gasteiger partial charge >= 0.3 is 17.9 Å². The Morgan fingerprint density at radius 3 is 1.29 bits per heavy atom. The minimum absolute atomic E-state index is 0.0473.